The summed E-state index contributed by atoms with van der Waals surface area (Å²) < 4.78 is 25.4. The molecule has 0 saturated heterocycles. The molecular weight excluding hydrogens is 445 g/mol. The van der Waals surface area contributed by atoms with E-state index in [4.69, 9.17) is 23.2 Å². The average molecular weight is 466 g/mol. The Kier molecular flexibility index (Phi) is 7.39. The molecule has 30 heavy (non-hydrogen) atoms. The number of aliphatic hydroxyl groups excluding tert-OH is 1. The quantitative estimate of drug-likeness (QED) is 0.429. The van der Waals surface area contributed by atoms with Gasteiger partial charge < -0.3 is 15.5 Å². The lowest BCUT2D eigenvalue weighted by atomic mass is 10.1. The van der Waals surface area contributed by atoms with Gasteiger partial charge in [0, 0.05) is 11.6 Å². The van der Waals surface area contributed by atoms with Crippen LogP contribution in [0.5, 0.6) is 5.75 Å². The Balaban J connectivity index is 1.56. The van der Waals surface area contributed by atoms with Gasteiger partial charge in [-0.1, -0.05) is 47.5 Å². The van der Waals surface area contributed by atoms with Crippen LogP contribution in [0, 0.1) is 0 Å². The molecule has 0 bridgehead atoms. The summed E-state index contributed by atoms with van der Waals surface area (Å²) in [6.45, 7) is 1.01. The van der Waals surface area contributed by atoms with Crippen molar-refractivity contribution in [3.05, 3.63) is 87.9 Å². The molecule has 3 rings (SSSR count). The first-order valence-corrected chi connectivity index (χ1v) is 11.5. The molecule has 0 fully saturated rings. The minimum absolute atomic E-state index is 0.0151. The summed E-state index contributed by atoms with van der Waals surface area (Å²) >= 11 is 11.8. The Bertz CT molecular complexity index is 1120. The number of halogens is 2. The van der Waals surface area contributed by atoms with Crippen LogP contribution >= 0.6 is 23.2 Å². The van der Waals surface area contributed by atoms with Gasteiger partial charge in [-0.05, 0) is 66.6 Å². The lowest BCUT2D eigenvalue weighted by Gasteiger charge is -2.13. The first-order valence-electron chi connectivity index (χ1n) is 9.24. The maximum Gasteiger partial charge on any atom is 0.206 e. The van der Waals surface area contributed by atoms with E-state index in [9.17, 15) is 18.6 Å². The van der Waals surface area contributed by atoms with Crippen molar-refractivity contribution in [2.75, 3.05) is 13.1 Å². The number of phenolic OH excluding ortho intramolecular Hbond substituents is 1. The van der Waals surface area contributed by atoms with Crippen LogP contribution in [0.2, 0.25) is 10.0 Å². The van der Waals surface area contributed by atoms with E-state index in [1.807, 2.05) is 6.07 Å². The summed E-state index contributed by atoms with van der Waals surface area (Å²) in [5, 5.41) is 23.4. The third-order valence-corrected chi connectivity index (χ3v) is 6.93. The Morgan fingerprint density at radius 3 is 2.30 bits per heavy atom. The second kappa shape index (κ2) is 9.81. The molecule has 0 spiro atoms. The zero-order chi connectivity index (χ0) is 21.7. The van der Waals surface area contributed by atoms with Crippen LogP contribution in [0.1, 0.15) is 17.2 Å². The van der Waals surface area contributed by atoms with E-state index in [0.717, 1.165) is 11.1 Å². The fraction of sp³-hybridized carbons (Fsp3) is 0.182. The fourth-order valence-corrected chi connectivity index (χ4v) is 4.66. The van der Waals surface area contributed by atoms with Crippen LogP contribution in [0.3, 0.4) is 0 Å². The van der Waals surface area contributed by atoms with Gasteiger partial charge in [-0.25, -0.2) is 8.42 Å². The predicted molar refractivity (Wildman–Crippen MR) is 118 cm³/mol. The van der Waals surface area contributed by atoms with E-state index in [2.05, 4.69) is 5.32 Å². The van der Waals surface area contributed by atoms with E-state index in [1.54, 1.807) is 42.5 Å². The molecule has 0 saturated carbocycles. The van der Waals surface area contributed by atoms with Gasteiger partial charge in [-0.3, -0.25) is 0 Å². The zero-order valence-corrected chi connectivity index (χ0v) is 18.3. The number of phenols is 1. The number of rotatable bonds is 8. The van der Waals surface area contributed by atoms with Crippen LogP contribution in [0.15, 0.2) is 76.5 Å². The highest BCUT2D eigenvalue weighted by Crippen LogP contribution is 2.29. The van der Waals surface area contributed by atoms with Gasteiger partial charge in [0.1, 0.15) is 5.75 Å². The molecule has 0 aliphatic heterocycles. The number of aliphatic hydroxyl groups is 1. The van der Waals surface area contributed by atoms with E-state index in [1.165, 1.54) is 18.2 Å². The third-order valence-electron chi connectivity index (χ3n) is 4.62. The van der Waals surface area contributed by atoms with Crippen molar-refractivity contribution in [2.45, 2.75) is 22.3 Å². The molecule has 0 amide bonds. The molecule has 8 heteroatoms. The fourth-order valence-electron chi connectivity index (χ4n) is 2.93. The van der Waals surface area contributed by atoms with Crippen molar-refractivity contribution < 1.29 is 18.6 Å². The number of benzene rings is 3. The van der Waals surface area contributed by atoms with Gasteiger partial charge >= 0.3 is 0 Å². The second-order valence-corrected chi connectivity index (χ2v) is 9.58. The van der Waals surface area contributed by atoms with Crippen molar-refractivity contribution in [3.8, 4) is 5.75 Å². The number of sulfone groups is 1. The van der Waals surface area contributed by atoms with Crippen molar-refractivity contribution in [2.24, 2.45) is 0 Å². The highest BCUT2D eigenvalue weighted by atomic mass is 35.5. The molecule has 1 atom stereocenters. The normalized spacial score (nSPS) is 12.6. The van der Waals surface area contributed by atoms with E-state index in [0.29, 0.717) is 24.5 Å². The van der Waals surface area contributed by atoms with Crippen LogP contribution in [-0.2, 0) is 16.3 Å². The largest absolute Gasteiger partial charge is 0.506 e. The third kappa shape index (κ3) is 5.53. The molecule has 3 aromatic carbocycles. The van der Waals surface area contributed by atoms with Gasteiger partial charge in [0.15, 0.2) is 0 Å². The molecule has 158 valence electrons. The summed E-state index contributed by atoms with van der Waals surface area (Å²) in [6.07, 6.45) is 0.0153. The monoisotopic (exact) mass is 465 g/mol. The number of aromatic hydroxyl groups is 1. The van der Waals surface area contributed by atoms with Crippen molar-refractivity contribution in [1.82, 2.24) is 5.32 Å². The zero-order valence-electron chi connectivity index (χ0n) is 15.9. The summed E-state index contributed by atoms with van der Waals surface area (Å²) in [7, 11) is -3.72. The van der Waals surface area contributed by atoms with Crippen LogP contribution in [-0.4, -0.2) is 31.7 Å². The number of hydrogen-bond acceptors (Lipinski definition) is 5. The molecule has 0 heterocycles. The minimum atomic E-state index is -3.72. The summed E-state index contributed by atoms with van der Waals surface area (Å²) in [6, 6.07) is 17.5. The van der Waals surface area contributed by atoms with Gasteiger partial charge in [0.05, 0.1) is 20.9 Å². The number of nitrogens with one attached hydrogen (secondary N) is 1. The Labute approximate surface area is 185 Å². The van der Waals surface area contributed by atoms with Crippen LogP contribution in [0.25, 0.3) is 0 Å². The van der Waals surface area contributed by atoms with Gasteiger partial charge in [0.25, 0.3) is 0 Å². The summed E-state index contributed by atoms with van der Waals surface area (Å²) in [4.78, 5) is 0.173. The average Bonchev–Trinajstić information content (AvgIpc) is 2.73. The lowest BCUT2D eigenvalue weighted by Crippen LogP contribution is -2.23. The first kappa shape index (κ1) is 22.6. The Morgan fingerprint density at radius 1 is 0.933 bits per heavy atom. The molecule has 0 unspecified atom stereocenters. The SMILES string of the molecule is O=S(=O)(c1ccc(CCNC[C@@H](O)c2cccc(Cl)c2)cc1)c1ccc(O)c(Cl)c1. The van der Waals surface area contributed by atoms with Crippen LogP contribution in [0.4, 0.5) is 0 Å². The van der Waals surface area contributed by atoms with E-state index >= 15 is 0 Å². The predicted octanol–water partition coefficient (Wildman–Crippen LogP) is 4.40. The Morgan fingerprint density at radius 2 is 1.63 bits per heavy atom. The van der Waals surface area contributed by atoms with E-state index in [-0.39, 0.29) is 20.6 Å². The van der Waals surface area contributed by atoms with E-state index < -0.39 is 15.9 Å². The molecule has 3 aromatic rings. The highest BCUT2D eigenvalue weighted by Gasteiger charge is 2.18. The van der Waals surface area contributed by atoms with Crippen molar-refractivity contribution >= 4 is 33.0 Å². The van der Waals surface area contributed by atoms with Gasteiger partial charge in [0.2, 0.25) is 9.84 Å². The molecule has 0 aromatic heterocycles. The molecule has 0 radical (unpaired) electrons. The van der Waals surface area contributed by atoms with Crippen molar-refractivity contribution in [3.63, 3.8) is 0 Å². The maximum atomic E-state index is 12.7. The van der Waals surface area contributed by atoms with Crippen molar-refractivity contribution in [1.29, 1.82) is 0 Å². The molecule has 3 N–H and O–H groups in total. The highest BCUT2D eigenvalue weighted by molar-refractivity contribution is 7.91. The molecule has 5 nitrogen and oxygen atoms in total. The lowest BCUT2D eigenvalue weighted by molar-refractivity contribution is 0.175. The first-order chi connectivity index (χ1) is 14.3. The molecule has 0 aliphatic carbocycles. The standard InChI is InChI=1S/C22H21Cl2NO4S/c23-17-3-1-2-16(12-17)22(27)14-25-11-10-15-4-6-18(7-5-15)30(28,29)19-8-9-21(26)20(24)13-19/h1-9,12-13,22,25-27H,10-11,14H2/t22-/m1/s1. The van der Waals surface area contributed by atoms with Crippen LogP contribution < -0.4 is 5.32 Å². The van der Waals surface area contributed by atoms with Gasteiger partial charge in [-0.2, -0.15) is 0 Å². The number of hydrogen-bond donors (Lipinski definition) is 3. The maximum absolute atomic E-state index is 12.7. The smallest absolute Gasteiger partial charge is 0.206 e. The minimum Gasteiger partial charge on any atom is -0.506 e. The second-order valence-electron chi connectivity index (χ2n) is 6.79. The molecular formula is C22H21Cl2NO4S. The molecule has 0 aliphatic rings. The van der Waals surface area contributed by atoms with Gasteiger partial charge in [-0.15, -0.1) is 0 Å². The topological polar surface area (TPSA) is 86.6 Å². The summed E-state index contributed by atoms with van der Waals surface area (Å²) in [5.41, 5.74) is 1.71. The Hall–Kier alpha value is -2.09. The summed E-state index contributed by atoms with van der Waals surface area (Å²) in [5.74, 6) is -0.168.